The number of furan rings is 1. The molecule has 3 amide bonds. The van der Waals surface area contributed by atoms with Crippen LogP contribution in [0.1, 0.15) is 38.3 Å². The monoisotopic (exact) mass is 425 g/mol. The van der Waals surface area contributed by atoms with Gasteiger partial charge in [0.1, 0.15) is 0 Å². The van der Waals surface area contributed by atoms with Gasteiger partial charge in [-0.05, 0) is 55.1 Å². The molecule has 2 aromatic heterocycles. The number of hydrogen-bond acceptors (Lipinski definition) is 5. The molecule has 0 saturated carbocycles. The summed E-state index contributed by atoms with van der Waals surface area (Å²) in [5.41, 5.74) is 1.71. The van der Waals surface area contributed by atoms with Gasteiger partial charge < -0.3 is 20.0 Å². The number of aryl methyl sites for hydroxylation is 1. The number of carbonyl (C=O) groups excluding carboxylic acids is 3. The van der Waals surface area contributed by atoms with Gasteiger partial charge in [-0.1, -0.05) is 12.1 Å². The summed E-state index contributed by atoms with van der Waals surface area (Å²) in [4.78, 5) is 40.0. The summed E-state index contributed by atoms with van der Waals surface area (Å²) in [6.45, 7) is 4.44. The average Bonchev–Trinajstić information content (AvgIpc) is 3.45. The molecule has 2 N–H and O–H groups in total. The van der Waals surface area contributed by atoms with Gasteiger partial charge in [-0.25, -0.2) is 0 Å². The van der Waals surface area contributed by atoms with Crippen molar-refractivity contribution in [3.63, 3.8) is 0 Å². The molecule has 0 aliphatic rings. The van der Waals surface area contributed by atoms with Crippen LogP contribution in [0.4, 0.5) is 5.69 Å². The maximum atomic E-state index is 12.9. The fourth-order valence-corrected chi connectivity index (χ4v) is 3.46. The zero-order chi connectivity index (χ0) is 21.5. The highest BCUT2D eigenvalue weighted by molar-refractivity contribution is 7.09. The number of carbonyl (C=O) groups is 3. The van der Waals surface area contributed by atoms with Crippen molar-refractivity contribution in [1.29, 1.82) is 0 Å². The number of anilines is 1. The zero-order valence-corrected chi connectivity index (χ0v) is 17.6. The number of likely N-dealkylation sites (N-methyl/N-ethyl adjacent to an activating group) is 1. The van der Waals surface area contributed by atoms with E-state index < -0.39 is 5.91 Å². The number of thiophene rings is 1. The third-order valence-corrected chi connectivity index (χ3v) is 5.40. The van der Waals surface area contributed by atoms with Crippen LogP contribution in [0.3, 0.4) is 0 Å². The summed E-state index contributed by atoms with van der Waals surface area (Å²) in [6, 6.07) is 12.1. The maximum absolute atomic E-state index is 12.9. The largest absolute Gasteiger partial charge is 0.459 e. The van der Waals surface area contributed by atoms with Crippen molar-refractivity contribution in [2.45, 2.75) is 20.4 Å². The number of amides is 3. The van der Waals surface area contributed by atoms with Crippen LogP contribution in [-0.2, 0) is 11.3 Å². The summed E-state index contributed by atoms with van der Waals surface area (Å²) in [7, 11) is 0. The van der Waals surface area contributed by atoms with E-state index in [0.717, 1.165) is 10.4 Å². The Hall–Kier alpha value is -3.39. The van der Waals surface area contributed by atoms with Crippen LogP contribution >= 0.6 is 11.3 Å². The highest BCUT2D eigenvalue weighted by Gasteiger charge is 2.19. The molecule has 0 aliphatic heterocycles. The molecular weight excluding hydrogens is 402 g/mol. The lowest BCUT2D eigenvalue weighted by atomic mass is 10.1. The van der Waals surface area contributed by atoms with Crippen LogP contribution in [0.5, 0.6) is 0 Å². The van der Waals surface area contributed by atoms with Crippen LogP contribution in [0.2, 0.25) is 0 Å². The van der Waals surface area contributed by atoms with Crippen molar-refractivity contribution < 1.29 is 18.8 Å². The first-order valence-corrected chi connectivity index (χ1v) is 10.4. The van der Waals surface area contributed by atoms with E-state index in [1.807, 2.05) is 31.4 Å². The van der Waals surface area contributed by atoms with E-state index in [4.69, 9.17) is 4.42 Å². The van der Waals surface area contributed by atoms with Gasteiger partial charge in [0, 0.05) is 22.7 Å². The Balaban J connectivity index is 1.66. The highest BCUT2D eigenvalue weighted by Crippen LogP contribution is 2.19. The first-order chi connectivity index (χ1) is 14.5. The fraction of sp³-hybridized carbons (Fsp3) is 0.227. The molecule has 2 heterocycles. The van der Waals surface area contributed by atoms with Gasteiger partial charge >= 0.3 is 0 Å². The van der Waals surface area contributed by atoms with Gasteiger partial charge in [0.2, 0.25) is 5.91 Å². The molecule has 8 heteroatoms. The molecule has 0 aliphatic carbocycles. The van der Waals surface area contributed by atoms with E-state index in [-0.39, 0.29) is 24.1 Å². The molecule has 0 unspecified atom stereocenters. The topological polar surface area (TPSA) is 91.7 Å². The minimum atomic E-state index is -0.395. The summed E-state index contributed by atoms with van der Waals surface area (Å²) in [6.07, 6.45) is 1.42. The Morgan fingerprint density at radius 2 is 1.97 bits per heavy atom. The Bertz CT molecular complexity index is 1010. The summed E-state index contributed by atoms with van der Waals surface area (Å²) in [5, 5.41) is 7.54. The van der Waals surface area contributed by atoms with Crippen LogP contribution < -0.4 is 10.6 Å². The Morgan fingerprint density at radius 3 is 2.63 bits per heavy atom. The van der Waals surface area contributed by atoms with Crippen LogP contribution in [0.25, 0.3) is 0 Å². The molecule has 0 spiro atoms. The van der Waals surface area contributed by atoms with E-state index in [0.29, 0.717) is 24.3 Å². The lowest BCUT2D eigenvalue weighted by Gasteiger charge is -2.21. The maximum Gasteiger partial charge on any atom is 0.291 e. The van der Waals surface area contributed by atoms with E-state index in [1.165, 1.54) is 11.2 Å². The molecule has 0 fully saturated rings. The third-order valence-electron chi connectivity index (χ3n) is 4.52. The van der Waals surface area contributed by atoms with Crippen molar-refractivity contribution >= 4 is 34.7 Å². The van der Waals surface area contributed by atoms with Crippen LogP contribution in [-0.4, -0.2) is 35.7 Å². The van der Waals surface area contributed by atoms with Gasteiger partial charge in [0.15, 0.2) is 5.76 Å². The lowest BCUT2D eigenvalue weighted by Crippen LogP contribution is -2.40. The molecule has 1 aromatic carbocycles. The Labute approximate surface area is 178 Å². The molecule has 30 heavy (non-hydrogen) atoms. The molecular formula is C22H23N3O4S. The van der Waals surface area contributed by atoms with Gasteiger partial charge in [0.05, 0.1) is 19.4 Å². The Morgan fingerprint density at radius 1 is 1.13 bits per heavy atom. The van der Waals surface area contributed by atoms with Crippen molar-refractivity contribution in [2.24, 2.45) is 0 Å². The third kappa shape index (κ3) is 5.36. The zero-order valence-electron chi connectivity index (χ0n) is 16.8. The second-order valence-electron chi connectivity index (χ2n) is 6.64. The predicted molar refractivity (Wildman–Crippen MR) is 116 cm³/mol. The SMILES string of the molecule is CCN(CC(=O)NCc1cccs1)C(=O)c1ccc(C)c(NC(=O)c2ccco2)c1. The molecule has 0 atom stereocenters. The smallest absolute Gasteiger partial charge is 0.291 e. The predicted octanol–water partition coefficient (Wildman–Crippen LogP) is 3.68. The summed E-state index contributed by atoms with van der Waals surface area (Å²) >= 11 is 1.56. The van der Waals surface area contributed by atoms with E-state index in [9.17, 15) is 14.4 Å². The number of rotatable bonds is 8. The van der Waals surface area contributed by atoms with Gasteiger partial charge in [0.25, 0.3) is 11.8 Å². The van der Waals surface area contributed by atoms with E-state index >= 15 is 0 Å². The molecule has 3 rings (SSSR count). The minimum Gasteiger partial charge on any atom is -0.459 e. The van der Waals surface area contributed by atoms with Crippen molar-refractivity contribution in [3.8, 4) is 0 Å². The number of benzene rings is 1. The normalized spacial score (nSPS) is 10.5. The van der Waals surface area contributed by atoms with Crippen molar-refractivity contribution in [2.75, 3.05) is 18.4 Å². The number of nitrogens with zero attached hydrogens (tertiary/aromatic N) is 1. The molecule has 7 nitrogen and oxygen atoms in total. The van der Waals surface area contributed by atoms with Crippen LogP contribution in [0.15, 0.2) is 58.5 Å². The first kappa shape index (κ1) is 21.3. The van der Waals surface area contributed by atoms with Gasteiger partial charge in [-0.2, -0.15) is 0 Å². The second kappa shape index (κ2) is 9.89. The lowest BCUT2D eigenvalue weighted by molar-refractivity contribution is -0.121. The van der Waals surface area contributed by atoms with Crippen LogP contribution in [0, 0.1) is 6.92 Å². The van der Waals surface area contributed by atoms with E-state index in [2.05, 4.69) is 10.6 Å². The molecule has 3 aromatic rings. The summed E-state index contributed by atoms with van der Waals surface area (Å²) < 4.78 is 5.10. The fourth-order valence-electron chi connectivity index (χ4n) is 2.82. The van der Waals surface area contributed by atoms with E-state index in [1.54, 1.807) is 41.7 Å². The second-order valence-corrected chi connectivity index (χ2v) is 7.67. The summed E-state index contributed by atoms with van der Waals surface area (Å²) in [5.74, 6) is -0.717. The number of nitrogens with one attached hydrogen (secondary N) is 2. The van der Waals surface area contributed by atoms with Gasteiger partial charge in [-0.15, -0.1) is 11.3 Å². The minimum absolute atomic E-state index is 0.0390. The average molecular weight is 426 g/mol. The first-order valence-electron chi connectivity index (χ1n) is 9.51. The van der Waals surface area contributed by atoms with Gasteiger partial charge in [-0.3, -0.25) is 14.4 Å². The quantitative estimate of drug-likeness (QED) is 0.576. The molecule has 0 bridgehead atoms. The molecule has 0 radical (unpaired) electrons. The highest BCUT2D eigenvalue weighted by atomic mass is 32.1. The standard InChI is InChI=1S/C22H23N3O4S/c1-3-25(14-20(26)23-13-17-6-5-11-30-17)22(28)16-9-8-15(2)18(12-16)24-21(27)19-7-4-10-29-19/h4-12H,3,13-14H2,1-2H3,(H,23,26)(H,24,27). The Kier molecular flexibility index (Phi) is 7.03. The molecule has 156 valence electrons. The molecule has 0 saturated heterocycles. The van der Waals surface area contributed by atoms with Crippen molar-refractivity contribution in [3.05, 3.63) is 75.9 Å². The van der Waals surface area contributed by atoms with Crippen molar-refractivity contribution in [1.82, 2.24) is 10.2 Å². The number of hydrogen-bond donors (Lipinski definition) is 2.